The summed E-state index contributed by atoms with van der Waals surface area (Å²) in [6, 6.07) is 56.2. The van der Waals surface area contributed by atoms with E-state index >= 15 is 0 Å². The van der Waals surface area contributed by atoms with E-state index in [0.717, 1.165) is 67.1 Å². The number of amidine groups is 1. The van der Waals surface area contributed by atoms with Crippen LogP contribution in [0.2, 0.25) is 0 Å². The van der Waals surface area contributed by atoms with E-state index in [0.29, 0.717) is 0 Å². The molecule has 1 unspecified atom stereocenters. The van der Waals surface area contributed by atoms with Crippen molar-refractivity contribution in [3.63, 3.8) is 0 Å². The van der Waals surface area contributed by atoms with Crippen LogP contribution < -0.4 is 0 Å². The summed E-state index contributed by atoms with van der Waals surface area (Å²) in [6.45, 7) is 0. The highest BCUT2D eigenvalue weighted by Crippen LogP contribution is 2.42. The first-order valence-electron chi connectivity index (χ1n) is 18.2. The van der Waals surface area contributed by atoms with Gasteiger partial charge in [0.15, 0.2) is 6.04 Å². The SMILES string of the molecule is C1=CC2=NC(c3ccccc3)=[N+](c3ccc(-c4cccc5sc6ccc(-c7ccc8ccc9ccc(-c%10ccccc%10)nc9c8n7)cc6c45)cc3)C2C=C1. The summed E-state index contributed by atoms with van der Waals surface area (Å²) in [4.78, 5) is 15.5. The zero-order chi connectivity index (χ0) is 35.6. The number of hydrogen-bond donors (Lipinski definition) is 0. The summed E-state index contributed by atoms with van der Waals surface area (Å²) in [7, 11) is 0. The molecule has 4 nitrogen and oxygen atoms in total. The Hall–Kier alpha value is -6.82. The molecule has 0 bridgehead atoms. The highest BCUT2D eigenvalue weighted by Gasteiger charge is 2.37. The fourth-order valence-electron chi connectivity index (χ4n) is 7.95. The van der Waals surface area contributed by atoms with Gasteiger partial charge in [0.25, 0.3) is 0 Å². The molecule has 11 rings (SSSR count). The molecule has 0 spiro atoms. The summed E-state index contributed by atoms with van der Waals surface area (Å²) in [5.74, 6) is 0.973. The number of aromatic nitrogens is 2. The smallest absolute Gasteiger partial charge is 0.245 e. The lowest BCUT2D eigenvalue weighted by molar-refractivity contribution is -0.447. The molecule has 0 saturated carbocycles. The van der Waals surface area contributed by atoms with Gasteiger partial charge in [-0.25, -0.2) is 14.5 Å². The first-order chi connectivity index (χ1) is 26.7. The molecule has 5 heteroatoms. The van der Waals surface area contributed by atoms with Gasteiger partial charge in [0, 0.05) is 42.1 Å². The summed E-state index contributed by atoms with van der Waals surface area (Å²) >= 11 is 1.84. The molecule has 0 saturated heterocycles. The largest absolute Gasteiger partial charge is 0.332 e. The van der Waals surface area contributed by atoms with E-state index in [1.165, 1.54) is 31.3 Å². The third-order valence-corrected chi connectivity index (χ3v) is 11.7. The minimum absolute atomic E-state index is 0.0714. The van der Waals surface area contributed by atoms with Crippen molar-refractivity contribution in [2.75, 3.05) is 0 Å². The molecule has 54 heavy (non-hydrogen) atoms. The van der Waals surface area contributed by atoms with Gasteiger partial charge in [-0.1, -0.05) is 115 Å². The van der Waals surface area contributed by atoms with Crippen LogP contribution >= 0.6 is 11.3 Å². The summed E-state index contributed by atoms with van der Waals surface area (Å²) in [6.07, 6.45) is 8.53. The molecule has 0 radical (unpaired) electrons. The van der Waals surface area contributed by atoms with Crippen LogP contribution in [-0.2, 0) is 0 Å². The second kappa shape index (κ2) is 12.4. The first-order valence-corrected chi connectivity index (χ1v) is 19.0. The lowest BCUT2D eigenvalue weighted by Gasteiger charge is -2.13. The Morgan fingerprint density at radius 1 is 0.519 bits per heavy atom. The molecule has 0 amide bonds. The average Bonchev–Trinajstić information content (AvgIpc) is 3.83. The van der Waals surface area contributed by atoms with Crippen molar-refractivity contribution >= 4 is 70.5 Å². The quantitative estimate of drug-likeness (QED) is 0.132. The fourth-order valence-corrected chi connectivity index (χ4v) is 9.06. The summed E-state index contributed by atoms with van der Waals surface area (Å²) in [5, 5.41) is 4.68. The molecular weight excluding hydrogens is 677 g/mol. The third kappa shape index (κ3) is 5.05. The number of rotatable bonds is 5. The Balaban J connectivity index is 1.01. The van der Waals surface area contributed by atoms with Crippen molar-refractivity contribution < 1.29 is 4.58 Å². The Labute approximate surface area is 316 Å². The zero-order valence-corrected chi connectivity index (χ0v) is 29.9. The summed E-state index contributed by atoms with van der Waals surface area (Å²) < 4.78 is 4.88. The number of thiophene rings is 1. The van der Waals surface area contributed by atoms with Gasteiger partial charge in [-0.3, -0.25) is 0 Å². The van der Waals surface area contributed by atoms with E-state index in [4.69, 9.17) is 15.0 Å². The van der Waals surface area contributed by atoms with E-state index in [-0.39, 0.29) is 6.04 Å². The topological polar surface area (TPSA) is 41.1 Å². The van der Waals surface area contributed by atoms with Crippen LogP contribution in [0.15, 0.2) is 187 Å². The van der Waals surface area contributed by atoms with Crippen molar-refractivity contribution in [3.8, 4) is 33.6 Å². The molecule has 252 valence electrons. The highest BCUT2D eigenvalue weighted by molar-refractivity contribution is 7.26. The molecule has 1 atom stereocenters. The predicted octanol–water partition coefficient (Wildman–Crippen LogP) is 12.2. The monoisotopic (exact) mass is 707 g/mol. The fraction of sp³-hybridized carbons (Fsp3) is 0.0204. The van der Waals surface area contributed by atoms with Crippen molar-refractivity contribution in [2.45, 2.75) is 6.04 Å². The third-order valence-electron chi connectivity index (χ3n) is 10.6. The van der Waals surface area contributed by atoms with Crippen molar-refractivity contribution in [1.29, 1.82) is 0 Å². The molecule has 1 aliphatic heterocycles. The van der Waals surface area contributed by atoms with Gasteiger partial charge in [-0.2, -0.15) is 0 Å². The first kappa shape index (κ1) is 30.8. The molecular formula is C49H31N4S+. The lowest BCUT2D eigenvalue weighted by atomic mass is 9.97. The molecule has 3 aromatic heterocycles. The van der Waals surface area contributed by atoms with Gasteiger partial charge in [0.1, 0.15) is 5.69 Å². The molecule has 9 aromatic rings. The second-order valence-electron chi connectivity index (χ2n) is 13.8. The van der Waals surface area contributed by atoms with Crippen LogP contribution in [0.5, 0.6) is 0 Å². The number of fused-ring (bicyclic) bond motifs is 7. The minimum Gasteiger partial charge on any atom is -0.245 e. The Bertz CT molecular complexity index is 3080. The predicted molar refractivity (Wildman–Crippen MR) is 226 cm³/mol. The number of aliphatic imine (C=N–C) groups is 1. The van der Waals surface area contributed by atoms with Gasteiger partial charge in [0.05, 0.1) is 28.0 Å². The van der Waals surface area contributed by atoms with Gasteiger partial charge in [0.2, 0.25) is 5.71 Å². The van der Waals surface area contributed by atoms with Gasteiger partial charge in [-0.15, -0.1) is 11.3 Å². The van der Waals surface area contributed by atoms with E-state index in [2.05, 4.69) is 181 Å². The van der Waals surface area contributed by atoms with E-state index in [1.807, 2.05) is 17.4 Å². The van der Waals surface area contributed by atoms with Gasteiger partial charge < -0.3 is 0 Å². The Morgan fingerprint density at radius 2 is 1.19 bits per heavy atom. The number of hydrogen-bond acceptors (Lipinski definition) is 4. The van der Waals surface area contributed by atoms with Crippen molar-refractivity contribution in [2.24, 2.45) is 4.99 Å². The number of allylic oxidation sites excluding steroid dienone is 2. The van der Waals surface area contributed by atoms with Crippen LogP contribution in [0.4, 0.5) is 5.69 Å². The molecule has 0 fully saturated rings. The van der Waals surface area contributed by atoms with Crippen LogP contribution in [0.3, 0.4) is 0 Å². The van der Waals surface area contributed by atoms with Crippen molar-refractivity contribution in [1.82, 2.24) is 9.97 Å². The van der Waals surface area contributed by atoms with E-state index < -0.39 is 0 Å². The molecule has 2 aliphatic rings. The summed E-state index contributed by atoms with van der Waals surface area (Å²) in [5.41, 5.74) is 11.6. The maximum atomic E-state index is 5.28. The van der Waals surface area contributed by atoms with E-state index in [1.54, 1.807) is 0 Å². The number of benzene rings is 6. The van der Waals surface area contributed by atoms with E-state index in [9.17, 15) is 0 Å². The van der Waals surface area contributed by atoms with Gasteiger partial charge >= 0.3 is 5.84 Å². The molecule has 0 N–H and O–H groups in total. The zero-order valence-electron chi connectivity index (χ0n) is 29.1. The van der Waals surface area contributed by atoms with Gasteiger partial charge in [-0.05, 0) is 82.9 Å². The van der Waals surface area contributed by atoms with Crippen molar-refractivity contribution in [3.05, 3.63) is 188 Å². The van der Waals surface area contributed by atoms with Crippen LogP contribution in [-0.4, -0.2) is 32.1 Å². The second-order valence-corrected chi connectivity index (χ2v) is 14.9. The van der Waals surface area contributed by atoms with Crippen LogP contribution in [0.25, 0.3) is 75.6 Å². The number of nitrogens with zero attached hydrogens (tertiary/aromatic N) is 4. The molecule has 6 aromatic carbocycles. The minimum atomic E-state index is 0.0714. The molecule has 1 aliphatic carbocycles. The highest BCUT2D eigenvalue weighted by atomic mass is 32.1. The Morgan fingerprint density at radius 3 is 1.93 bits per heavy atom. The average molecular weight is 708 g/mol. The van der Waals surface area contributed by atoms with Crippen LogP contribution in [0, 0.1) is 0 Å². The maximum absolute atomic E-state index is 5.28. The van der Waals surface area contributed by atoms with Crippen LogP contribution in [0.1, 0.15) is 5.56 Å². The normalized spacial score (nSPS) is 15.1. The lowest BCUT2D eigenvalue weighted by Crippen LogP contribution is -2.26. The Kier molecular flexibility index (Phi) is 7.07. The maximum Gasteiger partial charge on any atom is 0.332 e. The molecule has 4 heterocycles. The standard InChI is InChI=1S/C49H31N4S/c1-3-10-32(11-4-1)40-27-22-33-18-19-34-23-28-41(51-48(34)47(33)50-40)36-24-29-44-39(30-36)46-38(14-9-17-45(46)54-44)31-20-25-37(26-21-31)53-43-16-8-7-15-42(43)52-49(53)35-12-5-2-6-13-35/h1-30,43H/q+1. The number of pyridine rings is 2.